The monoisotopic (exact) mass is 471 g/mol. The molecule has 0 aliphatic carbocycles. The molecule has 0 N–H and O–H groups in total. The molecule has 0 aromatic heterocycles. The second-order valence-electron chi connectivity index (χ2n) is 6.52. The van der Waals surface area contributed by atoms with Crippen LogP contribution in [0.4, 0.5) is 0 Å². The van der Waals surface area contributed by atoms with Crippen LogP contribution >= 0.6 is 25.5 Å². The first-order chi connectivity index (χ1) is 10.8. The second kappa shape index (κ2) is 19.7. The van der Waals surface area contributed by atoms with Gasteiger partial charge < -0.3 is 10.1 Å². The normalized spacial score (nSPS) is 11.1. The van der Waals surface area contributed by atoms with Crippen molar-refractivity contribution in [3.63, 3.8) is 0 Å². The van der Waals surface area contributed by atoms with Crippen molar-refractivity contribution in [1.29, 1.82) is 0 Å². The zero-order valence-electron chi connectivity index (χ0n) is 16.3. The summed E-state index contributed by atoms with van der Waals surface area (Å²) < 4.78 is 0. The number of rotatable bonds is 10. The summed E-state index contributed by atoms with van der Waals surface area (Å²) in [4.78, 5) is 8.00. The van der Waals surface area contributed by atoms with Crippen LogP contribution in [0.3, 0.4) is 0 Å². The molecule has 6 heteroatoms. The average molecular weight is 471 g/mol. The Morgan fingerprint density at radius 1 is 0.739 bits per heavy atom. The summed E-state index contributed by atoms with van der Waals surface area (Å²) in [5.74, 6) is 0. The second-order valence-corrected chi connectivity index (χ2v) is 13.6. The summed E-state index contributed by atoms with van der Waals surface area (Å²) in [5.41, 5.74) is 3.42. The van der Waals surface area contributed by atoms with E-state index in [0.29, 0.717) is 0 Å². The standard InChI is InChI=1S/C16H36NP2.CH2O.ClH.Ru/c1-13(2)18(14(3)4)11-9-17-10-12-19(15(5)6)16(7)8;1-2;;/h13-16H,9-12H2,1-8H3;1H2;1H;/q-1;;;+2/p-1. The van der Waals surface area contributed by atoms with Crippen molar-refractivity contribution >= 4 is 32.3 Å². The molecule has 0 saturated heterocycles. The maximum atomic E-state index is 8.00. The molecule has 0 rings (SSSR count). The van der Waals surface area contributed by atoms with Gasteiger partial charge in [0.2, 0.25) is 0 Å². The van der Waals surface area contributed by atoms with Crippen LogP contribution in [0.15, 0.2) is 0 Å². The zero-order valence-corrected chi connectivity index (χ0v) is 20.6. The van der Waals surface area contributed by atoms with Gasteiger partial charge in [-0.25, -0.2) is 0 Å². The predicted octanol–water partition coefficient (Wildman–Crippen LogP) is 6.46. The van der Waals surface area contributed by atoms with Gasteiger partial charge in [-0.3, -0.25) is 0 Å². The number of hydrogen-bond donors (Lipinski definition) is 0. The molecule has 0 atom stereocenters. The minimum absolute atomic E-state index is 0.176. The van der Waals surface area contributed by atoms with Crippen molar-refractivity contribution in [3.05, 3.63) is 5.32 Å². The van der Waals surface area contributed by atoms with Crippen LogP contribution in [0, 0.1) is 0 Å². The molecule has 0 heterocycles. The van der Waals surface area contributed by atoms with E-state index < -0.39 is 0 Å². The fourth-order valence-corrected chi connectivity index (χ4v) is 7.90. The molecule has 0 aliphatic heterocycles. The Hall–Kier alpha value is 1.40. The van der Waals surface area contributed by atoms with E-state index in [2.05, 4.69) is 65.1 Å². The predicted molar refractivity (Wildman–Crippen MR) is 110 cm³/mol. The van der Waals surface area contributed by atoms with Crippen molar-refractivity contribution < 1.29 is 22.1 Å². The Labute approximate surface area is 162 Å². The number of carbonyl (C=O) groups excluding carboxylic acids is 1. The van der Waals surface area contributed by atoms with Gasteiger partial charge in [0, 0.05) is 0 Å². The molecule has 2 nitrogen and oxygen atoms in total. The molecule has 0 saturated carbocycles. The first-order valence-electron chi connectivity index (χ1n) is 8.34. The van der Waals surface area contributed by atoms with E-state index >= 15 is 0 Å². The van der Waals surface area contributed by atoms with Gasteiger partial charge in [-0.2, -0.15) is 0 Å². The molecule has 0 aromatic carbocycles. The van der Waals surface area contributed by atoms with Crippen LogP contribution in [0.2, 0.25) is 0 Å². The zero-order chi connectivity index (χ0) is 19.0. The molecule has 142 valence electrons. The van der Waals surface area contributed by atoms with E-state index in [-0.39, 0.29) is 15.8 Å². The maximum absolute atomic E-state index is 8.00. The molecule has 0 amide bonds. The molecule has 0 fully saturated rings. The van der Waals surface area contributed by atoms with Gasteiger partial charge in [0.05, 0.1) is 0 Å². The Morgan fingerprint density at radius 2 is 0.957 bits per heavy atom. The molecule has 0 aromatic rings. The van der Waals surface area contributed by atoms with E-state index in [9.17, 15) is 0 Å². The molecule has 0 unspecified atom stereocenters. The summed E-state index contributed by atoms with van der Waals surface area (Å²) in [5, 5.41) is 4.81. The van der Waals surface area contributed by atoms with Gasteiger partial charge in [0.25, 0.3) is 0 Å². The van der Waals surface area contributed by atoms with E-state index in [1.165, 1.54) is 12.3 Å². The van der Waals surface area contributed by atoms with Gasteiger partial charge in [0.1, 0.15) is 6.79 Å². The van der Waals surface area contributed by atoms with E-state index in [4.69, 9.17) is 10.1 Å². The average Bonchev–Trinajstić information content (AvgIpc) is 2.48. The SMILES string of the molecule is C=O.CC(C)P(CC[N-]CCP(C(C)C)C(C)C)C(C)C.[Cl][Ru+]. The van der Waals surface area contributed by atoms with Gasteiger partial charge in [0.15, 0.2) is 0 Å². The third-order valence-corrected chi connectivity index (χ3v) is 10.4. The fourth-order valence-electron chi connectivity index (χ4n) is 2.71. The van der Waals surface area contributed by atoms with Crippen LogP contribution in [0.5, 0.6) is 0 Å². The minimum atomic E-state index is 0.176. The molecular formula is C17H38ClNOP2Ru. The van der Waals surface area contributed by atoms with Crippen LogP contribution in [0.25, 0.3) is 5.32 Å². The third kappa shape index (κ3) is 16.6. The summed E-state index contributed by atoms with van der Waals surface area (Å²) in [7, 11) is 4.92. The summed E-state index contributed by atoms with van der Waals surface area (Å²) in [6.07, 6.45) is 2.68. The van der Waals surface area contributed by atoms with Gasteiger partial charge in [-0.15, -0.1) is 28.9 Å². The van der Waals surface area contributed by atoms with Gasteiger partial charge >= 0.3 is 27.0 Å². The summed E-state index contributed by atoms with van der Waals surface area (Å²) in [6.45, 7) is 23.2. The molecule has 0 radical (unpaired) electrons. The van der Waals surface area contributed by atoms with E-state index in [0.717, 1.165) is 35.7 Å². The first-order valence-corrected chi connectivity index (χ1v) is 13.9. The number of nitrogens with zero attached hydrogens (tertiary/aromatic N) is 1. The van der Waals surface area contributed by atoms with Crippen LogP contribution in [-0.2, 0) is 22.1 Å². The Bertz CT molecular complexity index is 207. The van der Waals surface area contributed by atoms with Crippen LogP contribution in [0.1, 0.15) is 55.4 Å². The molecule has 23 heavy (non-hydrogen) atoms. The van der Waals surface area contributed by atoms with Crippen molar-refractivity contribution in [2.24, 2.45) is 0 Å². The van der Waals surface area contributed by atoms with E-state index in [1.807, 2.05) is 24.1 Å². The van der Waals surface area contributed by atoms with Crippen LogP contribution in [-0.4, -0.2) is 54.8 Å². The van der Waals surface area contributed by atoms with E-state index in [1.54, 1.807) is 0 Å². The van der Waals surface area contributed by atoms with Gasteiger partial charge in [-0.1, -0.05) is 67.7 Å². The molecule has 0 spiro atoms. The molecule has 0 bridgehead atoms. The van der Waals surface area contributed by atoms with Crippen molar-refractivity contribution in [2.75, 3.05) is 25.4 Å². The summed E-state index contributed by atoms with van der Waals surface area (Å²) >= 11 is 1.82. The van der Waals surface area contributed by atoms with Crippen molar-refractivity contribution in [3.8, 4) is 0 Å². The molecule has 0 aliphatic rings. The topological polar surface area (TPSA) is 31.2 Å². The van der Waals surface area contributed by atoms with Crippen LogP contribution < -0.4 is 0 Å². The Morgan fingerprint density at radius 3 is 1.13 bits per heavy atom. The quantitative estimate of drug-likeness (QED) is 0.205. The number of carbonyl (C=O) groups is 1. The number of halogens is 1. The Kier molecular flexibility index (Phi) is 25.0. The van der Waals surface area contributed by atoms with Gasteiger partial charge in [-0.05, 0) is 22.6 Å². The summed E-state index contributed by atoms with van der Waals surface area (Å²) in [6, 6.07) is 0. The first kappa shape index (κ1) is 29.2. The van der Waals surface area contributed by atoms with Crippen molar-refractivity contribution in [2.45, 2.75) is 78.0 Å². The number of hydrogen-bond acceptors (Lipinski definition) is 1. The third-order valence-electron chi connectivity index (χ3n) is 3.69. The fraction of sp³-hybridized carbons (Fsp3) is 0.941. The Balaban J connectivity index is -0.000000919. The molecular weight excluding hydrogens is 433 g/mol. The van der Waals surface area contributed by atoms with Crippen molar-refractivity contribution in [1.82, 2.24) is 0 Å².